The van der Waals surface area contributed by atoms with E-state index >= 15 is 0 Å². The topological polar surface area (TPSA) is 21.8 Å². The van der Waals surface area contributed by atoms with Crippen LogP contribution in [0, 0.1) is 0 Å². The van der Waals surface area contributed by atoms with Gasteiger partial charge in [-0.05, 0) is 12.0 Å². The van der Waals surface area contributed by atoms with Crippen molar-refractivity contribution < 1.29 is 9.47 Å². The van der Waals surface area contributed by atoms with E-state index in [2.05, 4.69) is 19.1 Å². The maximum Gasteiger partial charge on any atom is 0.111 e. The molecule has 0 bridgehead atoms. The van der Waals surface area contributed by atoms with E-state index in [1.807, 2.05) is 18.2 Å². The second-order valence-electron chi connectivity index (χ2n) is 3.93. The zero-order valence-corrected chi connectivity index (χ0v) is 9.19. The average molecular weight is 206 g/mol. The first-order valence-corrected chi connectivity index (χ1v) is 5.70. The quantitative estimate of drug-likeness (QED) is 0.527. The third kappa shape index (κ3) is 3.05. The Labute approximate surface area is 91.2 Å². The molecule has 0 radical (unpaired) electrons. The van der Waals surface area contributed by atoms with Crippen LogP contribution in [0.3, 0.4) is 0 Å². The minimum Gasteiger partial charge on any atom is -0.371 e. The Kier molecular flexibility index (Phi) is 3.75. The number of rotatable bonds is 6. The van der Waals surface area contributed by atoms with Crippen LogP contribution in [0.1, 0.15) is 31.4 Å². The van der Waals surface area contributed by atoms with Gasteiger partial charge in [-0.25, -0.2) is 0 Å². The van der Waals surface area contributed by atoms with Gasteiger partial charge < -0.3 is 9.47 Å². The maximum absolute atomic E-state index is 5.87. The summed E-state index contributed by atoms with van der Waals surface area (Å²) in [6.45, 7) is 3.84. The van der Waals surface area contributed by atoms with Crippen LogP contribution in [-0.2, 0) is 9.47 Å². The monoisotopic (exact) mass is 206 g/mol. The van der Waals surface area contributed by atoms with Gasteiger partial charge in [-0.2, -0.15) is 0 Å². The third-order valence-corrected chi connectivity index (χ3v) is 2.62. The van der Waals surface area contributed by atoms with Gasteiger partial charge in [-0.3, -0.25) is 0 Å². The van der Waals surface area contributed by atoms with Gasteiger partial charge in [0.1, 0.15) is 12.2 Å². The summed E-state index contributed by atoms with van der Waals surface area (Å²) in [6.07, 6.45) is 2.71. The molecule has 0 saturated carbocycles. The van der Waals surface area contributed by atoms with Crippen molar-refractivity contribution in [1.29, 1.82) is 0 Å². The lowest BCUT2D eigenvalue weighted by Crippen LogP contribution is -2.11. The lowest BCUT2D eigenvalue weighted by molar-refractivity contribution is 0.0306. The minimum atomic E-state index is 0.137. The Hall–Kier alpha value is -0.860. The fraction of sp³-hybridized carbons (Fsp3) is 0.538. The van der Waals surface area contributed by atoms with Gasteiger partial charge >= 0.3 is 0 Å². The fourth-order valence-electron chi connectivity index (χ4n) is 1.65. The highest BCUT2D eigenvalue weighted by molar-refractivity contribution is 5.19. The van der Waals surface area contributed by atoms with Gasteiger partial charge in [0.05, 0.1) is 6.61 Å². The molecule has 2 atom stereocenters. The van der Waals surface area contributed by atoms with Crippen molar-refractivity contribution in [2.24, 2.45) is 0 Å². The van der Waals surface area contributed by atoms with Crippen LogP contribution in [0.25, 0.3) is 0 Å². The molecule has 15 heavy (non-hydrogen) atoms. The SMILES string of the molecule is CCCCO[C@@H](c1ccccc1)[C@@H]1CO1. The Morgan fingerprint density at radius 3 is 2.73 bits per heavy atom. The predicted octanol–water partition coefficient (Wildman–Crippen LogP) is 2.94. The van der Waals surface area contributed by atoms with Crippen molar-refractivity contribution in [1.82, 2.24) is 0 Å². The lowest BCUT2D eigenvalue weighted by atomic mass is 10.1. The molecule has 2 nitrogen and oxygen atoms in total. The molecular weight excluding hydrogens is 188 g/mol. The van der Waals surface area contributed by atoms with Crippen LogP contribution < -0.4 is 0 Å². The smallest absolute Gasteiger partial charge is 0.111 e. The van der Waals surface area contributed by atoms with Gasteiger partial charge in [0.15, 0.2) is 0 Å². The number of hydrogen-bond donors (Lipinski definition) is 0. The van der Waals surface area contributed by atoms with Gasteiger partial charge in [0, 0.05) is 6.61 Å². The molecule has 1 heterocycles. The normalized spacial score (nSPS) is 21.3. The molecule has 0 aromatic heterocycles. The Morgan fingerprint density at radius 1 is 1.40 bits per heavy atom. The first-order chi connectivity index (χ1) is 7.42. The summed E-state index contributed by atoms with van der Waals surface area (Å²) < 4.78 is 11.2. The van der Waals surface area contributed by atoms with E-state index in [-0.39, 0.29) is 12.2 Å². The molecule has 0 aliphatic carbocycles. The lowest BCUT2D eigenvalue weighted by Gasteiger charge is -2.15. The molecule has 1 aromatic rings. The van der Waals surface area contributed by atoms with E-state index in [9.17, 15) is 0 Å². The van der Waals surface area contributed by atoms with Crippen molar-refractivity contribution in [2.45, 2.75) is 32.0 Å². The molecule has 1 fully saturated rings. The van der Waals surface area contributed by atoms with Crippen LogP contribution in [0.15, 0.2) is 30.3 Å². The number of unbranched alkanes of at least 4 members (excludes halogenated alkanes) is 1. The van der Waals surface area contributed by atoms with E-state index in [4.69, 9.17) is 9.47 Å². The Morgan fingerprint density at radius 2 is 2.13 bits per heavy atom. The van der Waals surface area contributed by atoms with Gasteiger partial charge in [-0.15, -0.1) is 0 Å². The van der Waals surface area contributed by atoms with E-state index in [0.717, 1.165) is 19.6 Å². The first-order valence-electron chi connectivity index (χ1n) is 5.70. The number of hydrogen-bond acceptors (Lipinski definition) is 2. The van der Waals surface area contributed by atoms with Crippen molar-refractivity contribution >= 4 is 0 Å². The summed E-state index contributed by atoms with van der Waals surface area (Å²) in [6, 6.07) is 10.3. The zero-order chi connectivity index (χ0) is 10.5. The van der Waals surface area contributed by atoms with Gasteiger partial charge in [-0.1, -0.05) is 43.7 Å². The molecule has 82 valence electrons. The molecule has 0 spiro atoms. The summed E-state index contributed by atoms with van der Waals surface area (Å²) in [5, 5.41) is 0. The van der Waals surface area contributed by atoms with Crippen molar-refractivity contribution in [3.05, 3.63) is 35.9 Å². The van der Waals surface area contributed by atoms with E-state index < -0.39 is 0 Å². The van der Waals surface area contributed by atoms with Crippen molar-refractivity contribution in [3.63, 3.8) is 0 Å². The first kappa shape index (κ1) is 10.7. The Bertz CT molecular complexity index is 280. The third-order valence-electron chi connectivity index (χ3n) is 2.62. The summed E-state index contributed by atoms with van der Waals surface area (Å²) in [7, 11) is 0. The highest BCUT2D eigenvalue weighted by Gasteiger charge is 2.34. The van der Waals surface area contributed by atoms with Crippen LogP contribution in [0.2, 0.25) is 0 Å². The molecule has 1 saturated heterocycles. The largest absolute Gasteiger partial charge is 0.371 e. The molecule has 1 aliphatic heterocycles. The van der Waals surface area contributed by atoms with Crippen LogP contribution in [0.5, 0.6) is 0 Å². The molecule has 0 unspecified atom stereocenters. The number of epoxide rings is 1. The molecule has 1 aliphatic rings. The van der Waals surface area contributed by atoms with Gasteiger partial charge in [0.2, 0.25) is 0 Å². The fourth-order valence-corrected chi connectivity index (χ4v) is 1.65. The molecule has 2 rings (SSSR count). The molecule has 0 N–H and O–H groups in total. The second-order valence-corrected chi connectivity index (χ2v) is 3.93. The molecular formula is C13H18O2. The standard InChI is InChI=1S/C13H18O2/c1-2-3-9-14-13(12-10-15-12)11-7-5-4-6-8-11/h4-8,12-13H,2-3,9-10H2,1H3/t12-,13-/m0/s1. The number of benzene rings is 1. The molecule has 2 heteroatoms. The summed E-state index contributed by atoms with van der Waals surface area (Å²) >= 11 is 0. The maximum atomic E-state index is 5.87. The van der Waals surface area contributed by atoms with Crippen LogP contribution in [-0.4, -0.2) is 19.3 Å². The van der Waals surface area contributed by atoms with Gasteiger partial charge in [0.25, 0.3) is 0 Å². The zero-order valence-electron chi connectivity index (χ0n) is 9.19. The van der Waals surface area contributed by atoms with Crippen LogP contribution in [0.4, 0.5) is 0 Å². The Balaban J connectivity index is 1.94. The van der Waals surface area contributed by atoms with E-state index in [1.165, 1.54) is 12.0 Å². The summed E-state index contributed by atoms with van der Waals surface area (Å²) in [5.74, 6) is 0. The highest BCUT2D eigenvalue weighted by Crippen LogP contribution is 2.30. The second kappa shape index (κ2) is 5.29. The van der Waals surface area contributed by atoms with E-state index in [0.29, 0.717) is 0 Å². The minimum absolute atomic E-state index is 0.137. The molecule has 1 aromatic carbocycles. The highest BCUT2D eigenvalue weighted by atomic mass is 16.6. The van der Waals surface area contributed by atoms with Crippen molar-refractivity contribution in [3.8, 4) is 0 Å². The molecule has 0 amide bonds. The van der Waals surface area contributed by atoms with Crippen molar-refractivity contribution in [2.75, 3.05) is 13.2 Å². The van der Waals surface area contributed by atoms with E-state index in [1.54, 1.807) is 0 Å². The predicted molar refractivity (Wildman–Crippen MR) is 59.8 cm³/mol. The number of ether oxygens (including phenoxy) is 2. The van der Waals surface area contributed by atoms with Crippen LogP contribution >= 0.6 is 0 Å². The summed E-state index contributed by atoms with van der Waals surface area (Å²) in [5.41, 5.74) is 1.23. The summed E-state index contributed by atoms with van der Waals surface area (Å²) in [4.78, 5) is 0. The average Bonchev–Trinajstić information content (AvgIpc) is 3.10.